The molecule has 8 heteroatoms. The van der Waals surface area contributed by atoms with Gasteiger partial charge in [-0.15, -0.1) is 0 Å². The molecule has 0 saturated heterocycles. The van der Waals surface area contributed by atoms with E-state index in [1.165, 1.54) is 6.33 Å². The van der Waals surface area contributed by atoms with Crippen LogP contribution in [0.5, 0.6) is 0 Å². The van der Waals surface area contributed by atoms with Crippen molar-refractivity contribution in [1.29, 1.82) is 0 Å². The summed E-state index contributed by atoms with van der Waals surface area (Å²) in [6.45, 7) is 2.04. The number of hydrogen-bond acceptors (Lipinski definition) is 6. The summed E-state index contributed by atoms with van der Waals surface area (Å²) in [5, 5.41) is 4.12. The average Bonchev–Trinajstić information content (AvgIpc) is 3.23. The van der Waals surface area contributed by atoms with E-state index in [0.29, 0.717) is 24.5 Å². The van der Waals surface area contributed by atoms with Crippen molar-refractivity contribution in [1.82, 2.24) is 24.7 Å². The maximum Gasteiger partial charge on any atom is 0.259 e. The number of carbonyl (C=O) groups excluding carboxylic acids is 1. The number of nitrogens with zero attached hydrogens (tertiary/aromatic N) is 7. The largest absolute Gasteiger partial charge is 0.357 e. The first-order valence-electron chi connectivity index (χ1n) is 9.90. The molecule has 3 heterocycles. The molecule has 0 spiro atoms. The molecule has 8 nitrogen and oxygen atoms in total. The summed E-state index contributed by atoms with van der Waals surface area (Å²) in [6, 6.07) is 15.4. The molecule has 0 saturated carbocycles. The molecule has 0 atom stereocenters. The molecule has 0 aliphatic carbocycles. The van der Waals surface area contributed by atoms with E-state index < -0.39 is 0 Å². The molecule has 1 aliphatic heterocycles. The first kappa shape index (κ1) is 18.2. The van der Waals surface area contributed by atoms with Gasteiger partial charge in [0.05, 0.1) is 17.6 Å². The summed E-state index contributed by atoms with van der Waals surface area (Å²) >= 11 is 0. The molecule has 5 rings (SSSR count). The van der Waals surface area contributed by atoms with E-state index in [2.05, 4.69) is 15.0 Å². The second kappa shape index (κ2) is 7.55. The number of amides is 1. The maximum absolute atomic E-state index is 13.4. The van der Waals surface area contributed by atoms with Crippen LogP contribution in [-0.4, -0.2) is 50.8 Å². The molecule has 0 radical (unpaired) electrons. The highest BCUT2D eigenvalue weighted by atomic mass is 16.2. The summed E-state index contributed by atoms with van der Waals surface area (Å²) in [5.41, 5.74) is 3.30. The summed E-state index contributed by atoms with van der Waals surface area (Å²) in [7, 11) is 2.00. The molecule has 1 aliphatic rings. The van der Waals surface area contributed by atoms with E-state index in [0.717, 1.165) is 35.4 Å². The monoisotopic (exact) mass is 399 g/mol. The lowest BCUT2D eigenvalue weighted by molar-refractivity contribution is 0.0986. The summed E-state index contributed by atoms with van der Waals surface area (Å²) in [4.78, 5) is 30.8. The van der Waals surface area contributed by atoms with E-state index >= 15 is 0 Å². The molecular weight excluding hydrogens is 378 g/mol. The van der Waals surface area contributed by atoms with Crippen molar-refractivity contribution in [3.05, 3.63) is 72.3 Å². The highest BCUT2D eigenvalue weighted by molar-refractivity contribution is 6.07. The summed E-state index contributed by atoms with van der Waals surface area (Å²) in [5.74, 6) is 1.29. The zero-order valence-electron chi connectivity index (χ0n) is 16.6. The van der Waals surface area contributed by atoms with Gasteiger partial charge in [-0.3, -0.25) is 9.69 Å². The molecule has 0 unspecified atom stereocenters. The van der Waals surface area contributed by atoms with Gasteiger partial charge in [0.15, 0.2) is 11.6 Å². The minimum atomic E-state index is -0.0663. The van der Waals surface area contributed by atoms with Crippen LogP contribution in [0.1, 0.15) is 22.3 Å². The number of anilines is 2. The predicted molar refractivity (Wildman–Crippen MR) is 115 cm³/mol. The van der Waals surface area contributed by atoms with Gasteiger partial charge in [-0.1, -0.05) is 24.3 Å². The number of rotatable bonds is 3. The molecule has 150 valence electrons. The third-order valence-electron chi connectivity index (χ3n) is 5.28. The quantitative estimate of drug-likeness (QED) is 0.527. The van der Waals surface area contributed by atoms with Crippen LogP contribution < -0.4 is 9.80 Å². The number of hydrogen-bond donors (Lipinski definition) is 0. The van der Waals surface area contributed by atoms with E-state index in [9.17, 15) is 4.79 Å². The Bertz CT molecular complexity index is 1190. The van der Waals surface area contributed by atoms with Crippen LogP contribution in [0.2, 0.25) is 0 Å². The Morgan fingerprint density at radius 1 is 0.967 bits per heavy atom. The van der Waals surface area contributed by atoms with Crippen LogP contribution in [-0.2, 0) is 6.54 Å². The van der Waals surface area contributed by atoms with Gasteiger partial charge >= 0.3 is 0 Å². The minimum Gasteiger partial charge on any atom is -0.357 e. The van der Waals surface area contributed by atoms with Crippen molar-refractivity contribution in [2.75, 3.05) is 29.9 Å². The fourth-order valence-electron chi connectivity index (χ4n) is 3.70. The summed E-state index contributed by atoms with van der Waals surface area (Å²) in [6.07, 6.45) is 4.03. The number of aromatic nitrogens is 5. The number of carbonyl (C=O) groups is 1. The Labute approximate surface area is 173 Å². The average molecular weight is 399 g/mol. The Hall–Kier alpha value is -3.81. The van der Waals surface area contributed by atoms with Crippen molar-refractivity contribution >= 4 is 28.6 Å². The first-order valence-corrected chi connectivity index (χ1v) is 9.90. The van der Waals surface area contributed by atoms with Crippen LogP contribution >= 0.6 is 0 Å². The van der Waals surface area contributed by atoms with Gasteiger partial charge in [0.2, 0.25) is 0 Å². The van der Waals surface area contributed by atoms with Crippen LogP contribution in [0, 0.1) is 0 Å². The highest BCUT2D eigenvalue weighted by Gasteiger charge is 2.27. The number of benzene rings is 2. The lowest BCUT2D eigenvalue weighted by Crippen LogP contribution is -2.32. The molecule has 0 fully saturated rings. The summed E-state index contributed by atoms with van der Waals surface area (Å²) < 4.78 is 1.75. The van der Waals surface area contributed by atoms with Crippen molar-refractivity contribution in [3.8, 4) is 0 Å². The molecule has 4 aromatic rings. The second-order valence-corrected chi connectivity index (χ2v) is 7.38. The normalized spacial score (nSPS) is 13.9. The van der Waals surface area contributed by atoms with Crippen LogP contribution in [0.4, 0.5) is 11.6 Å². The lowest BCUT2D eigenvalue weighted by atomic mass is 10.1. The van der Waals surface area contributed by atoms with Gasteiger partial charge in [-0.2, -0.15) is 5.10 Å². The first-order chi connectivity index (χ1) is 14.7. The van der Waals surface area contributed by atoms with E-state index in [4.69, 9.17) is 9.97 Å². The number of para-hydroxylation sites is 2. The smallest absolute Gasteiger partial charge is 0.259 e. The van der Waals surface area contributed by atoms with Crippen molar-refractivity contribution in [2.45, 2.75) is 13.0 Å². The molecule has 2 aromatic heterocycles. The van der Waals surface area contributed by atoms with Gasteiger partial charge in [0.25, 0.3) is 5.91 Å². The number of fused-ring (bicyclic) bond motifs is 2. The predicted octanol–water partition coefficient (Wildman–Crippen LogP) is 2.76. The van der Waals surface area contributed by atoms with Crippen LogP contribution in [0.15, 0.2) is 61.2 Å². The molecule has 2 aromatic carbocycles. The van der Waals surface area contributed by atoms with Gasteiger partial charge in [-0.05, 0) is 36.2 Å². The topological polar surface area (TPSA) is 80.0 Å². The van der Waals surface area contributed by atoms with Crippen molar-refractivity contribution in [2.24, 2.45) is 0 Å². The standard InChI is InChI=1S/C22H21N7O/c1-27-11-4-12-29(21-20(27)25-18-5-2-3-6-19(18)26-21)22(30)17-9-7-16(8-10-17)13-28-15-23-14-24-28/h2-3,5-10,14-15H,4,11-13H2,1H3. The lowest BCUT2D eigenvalue weighted by Gasteiger charge is -2.23. The fourth-order valence-corrected chi connectivity index (χ4v) is 3.70. The van der Waals surface area contributed by atoms with E-state index in [1.54, 1.807) is 15.9 Å². The molecular formula is C22H21N7O. The molecule has 30 heavy (non-hydrogen) atoms. The maximum atomic E-state index is 13.4. The Balaban J connectivity index is 1.48. The van der Waals surface area contributed by atoms with Gasteiger partial charge in [0.1, 0.15) is 12.7 Å². The van der Waals surface area contributed by atoms with Crippen LogP contribution in [0.3, 0.4) is 0 Å². The Kier molecular flexibility index (Phi) is 4.59. The van der Waals surface area contributed by atoms with Gasteiger partial charge in [0, 0.05) is 25.7 Å². The molecule has 0 N–H and O–H groups in total. The van der Waals surface area contributed by atoms with E-state index in [-0.39, 0.29) is 5.91 Å². The minimum absolute atomic E-state index is 0.0663. The SMILES string of the molecule is CN1CCCN(C(=O)c2ccc(Cn3cncn3)cc2)c2nc3ccccc3nc21. The fraction of sp³-hybridized carbons (Fsp3) is 0.227. The highest BCUT2D eigenvalue weighted by Crippen LogP contribution is 2.31. The Morgan fingerprint density at radius 2 is 1.70 bits per heavy atom. The van der Waals surface area contributed by atoms with E-state index in [1.807, 2.05) is 55.6 Å². The van der Waals surface area contributed by atoms with Crippen molar-refractivity contribution < 1.29 is 4.79 Å². The third-order valence-corrected chi connectivity index (χ3v) is 5.28. The van der Waals surface area contributed by atoms with Gasteiger partial charge < -0.3 is 4.90 Å². The van der Waals surface area contributed by atoms with Crippen LogP contribution in [0.25, 0.3) is 11.0 Å². The zero-order valence-corrected chi connectivity index (χ0v) is 16.6. The molecule has 0 bridgehead atoms. The molecule has 1 amide bonds. The zero-order chi connectivity index (χ0) is 20.5. The Morgan fingerprint density at radius 3 is 2.40 bits per heavy atom. The second-order valence-electron chi connectivity index (χ2n) is 7.38. The van der Waals surface area contributed by atoms with Crippen molar-refractivity contribution in [3.63, 3.8) is 0 Å². The van der Waals surface area contributed by atoms with Gasteiger partial charge in [-0.25, -0.2) is 19.6 Å². The third kappa shape index (κ3) is 3.36.